The van der Waals surface area contributed by atoms with E-state index in [1.54, 1.807) is 12.1 Å². The quantitative estimate of drug-likeness (QED) is 0.396. The maximum absolute atomic E-state index is 12.3. The van der Waals surface area contributed by atoms with Crippen molar-refractivity contribution in [3.8, 4) is 0 Å². The van der Waals surface area contributed by atoms with Gasteiger partial charge in [0.25, 0.3) is 15.9 Å². The zero-order valence-corrected chi connectivity index (χ0v) is 17.1. The monoisotopic (exact) mass is 398 g/mol. The van der Waals surface area contributed by atoms with Crippen molar-refractivity contribution in [1.82, 2.24) is 0 Å². The molecule has 0 bridgehead atoms. The van der Waals surface area contributed by atoms with Crippen molar-refractivity contribution < 1.29 is 31.7 Å². The van der Waals surface area contributed by atoms with Crippen LogP contribution >= 0.6 is 0 Å². The van der Waals surface area contributed by atoms with Gasteiger partial charge in [-0.3, -0.25) is 13.8 Å². The van der Waals surface area contributed by atoms with Crippen LogP contribution < -0.4 is 0 Å². The molecule has 1 atom stereocenters. The zero-order valence-electron chi connectivity index (χ0n) is 16.3. The molecule has 1 saturated heterocycles. The van der Waals surface area contributed by atoms with Crippen LogP contribution in [0.5, 0.6) is 0 Å². The van der Waals surface area contributed by atoms with Gasteiger partial charge in [-0.1, -0.05) is 38.1 Å². The summed E-state index contributed by atoms with van der Waals surface area (Å²) in [6.45, 7) is 7.59. The molecule has 1 aromatic carbocycles. The van der Waals surface area contributed by atoms with Crippen molar-refractivity contribution in [2.45, 2.75) is 58.5 Å². The molecule has 0 aromatic heterocycles. The van der Waals surface area contributed by atoms with E-state index in [1.807, 2.05) is 12.1 Å². The van der Waals surface area contributed by atoms with Crippen molar-refractivity contribution >= 4 is 22.1 Å². The van der Waals surface area contributed by atoms with Crippen LogP contribution in [0.25, 0.3) is 0 Å². The summed E-state index contributed by atoms with van der Waals surface area (Å²) in [5.74, 6) is -3.11. The van der Waals surface area contributed by atoms with Gasteiger partial charge < -0.3 is 9.47 Å². The van der Waals surface area contributed by atoms with Crippen LogP contribution in [0.2, 0.25) is 0 Å². The molecule has 0 saturated carbocycles. The van der Waals surface area contributed by atoms with E-state index in [-0.39, 0.29) is 5.75 Å². The highest BCUT2D eigenvalue weighted by atomic mass is 32.2. The highest BCUT2D eigenvalue weighted by Crippen LogP contribution is 2.33. The summed E-state index contributed by atoms with van der Waals surface area (Å²) < 4.78 is 39.6. The molecule has 1 unspecified atom stereocenters. The van der Waals surface area contributed by atoms with Gasteiger partial charge in [0, 0.05) is 13.8 Å². The van der Waals surface area contributed by atoms with Crippen molar-refractivity contribution in [3.63, 3.8) is 0 Å². The summed E-state index contributed by atoms with van der Waals surface area (Å²) in [6.07, 6.45) is 0.988. The maximum Gasteiger partial charge on any atom is 0.328 e. The topological polar surface area (TPSA) is 96.0 Å². The molecule has 7 nitrogen and oxygen atoms in total. The fourth-order valence-electron chi connectivity index (χ4n) is 2.53. The van der Waals surface area contributed by atoms with Gasteiger partial charge in [-0.2, -0.15) is 8.42 Å². The summed E-state index contributed by atoms with van der Waals surface area (Å²) in [5, 5.41) is 0. The van der Waals surface area contributed by atoms with Gasteiger partial charge in [-0.15, -0.1) is 0 Å². The zero-order chi connectivity index (χ0) is 20.5. The Bertz CT molecular complexity index is 789. The van der Waals surface area contributed by atoms with Crippen LogP contribution in [0.1, 0.15) is 58.1 Å². The van der Waals surface area contributed by atoms with Crippen molar-refractivity contribution in [1.29, 1.82) is 0 Å². The van der Waals surface area contributed by atoms with Gasteiger partial charge in [-0.25, -0.2) is 0 Å². The van der Waals surface area contributed by atoms with E-state index in [9.17, 15) is 18.0 Å². The van der Waals surface area contributed by atoms with Crippen LogP contribution in [-0.2, 0) is 39.1 Å². The number of hydrogen-bond acceptors (Lipinski definition) is 7. The molecular formula is C19H26O7S. The molecule has 1 aromatic rings. The maximum atomic E-state index is 12.3. The molecule has 1 heterocycles. The van der Waals surface area contributed by atoms with Crippen molar-refractivity contribution in [2.24, 2.45) is 5.41 Å². The number of ether oxygens (including phenoxy) is 2. The lowest BCUT2D eigenvalue weighted by molar-refractivity contribution is -0.251. The first-order valence-electron chi connectivity index (χ1n) is 8.81. The second-order valence-corrected chi connectivity index (χ2v) is 9.17. The molecule has 0 N–H and O–H groups in total. The minimum atomic E-state index is -4.00. The number of hydrogen-bond donors (Lipinski definition) is 0. The predicted molar refractivity (Wildman–Crippen MR) is 98.1 cm³/mol. The Hall–Kier alpha value is -1.93. The Morgan fingerprint density at radius 2 is 1.56 bits per heavy atom. The molecule has 0 aliphatic carbocycles. The second kappa shape index (κ2) is 7.59. The Morgan fingerprint density at radius 3 is 2.04 bits per heavy atom. The standard InChI is InChI=1S/C19H26O7S/c1-6-13(2)15-9-7-14(8-10-15)11-27(22,23)24-12-19(5)16(20)25-18(3,4)26-17(19)21/h7-10,13H,6,11-12H2,1-5H3. The Labute approximate surface area is 160 Å². The van der Waals surface area contributed by atoms with Crippen LogP contribution in [0.3, 0.4) is 0 Å². The molecule has 1 fully saturated rings. The lowest BCUT2D eigenvalue weighted by atomic mass is 9.91. The largest absolute Gasteiger partial charge is 0.422 e. The average Bonchev–Trinajstić information content (AvgIpc) is 2.57. The Morgan fingerprint density at radius 1 is 1.04 bits per heavy atom. The molecule has 1 aliphatic heterocycles. The third-order valence-electron chi connectivity index (χ3n) is 4.61. The van der Waals surface area contributed by atoms with Crippen LogP contribution in [0.15, 0.2) is 24.3 Å². The molecule has 1 aliphatic rings. The van der Waals surface area contributed by atoms with Crippen molar-refractivity contribution in [3.05, 3.63) is 35.4 Å². The molecule has 2 rings (SSSR count). The molecular weight excluding hydrogens is 372 g/mol. The Balaban J connectivity index is 2.04. The fraction of sp³-hybridized carbons (Fsp3) is 0.579. The summed E-state index contributed by atoms with van der Waals surface area (Å²) in [7, 11) is -4.00. The molecule has 27 heavy (non-hydrogen) atoms. The first-order valence-corrected chi connectivity index (χ1v) is 10.4. The van der Waals surface area contributed by atoms with E-state index in [0.29, 0.717) is 11.5 Å². The van der Waals surface area contributed by atoms with E-state index in [4.69, 9.17) is 13.7 Å². The third kappa shape index (κ3) is 5.07. The number of carbonyl (C=O) groups is 2. The van der Waals surface area contributed by atoms with Gasteiger partial charge >= 0.3 is 11.9 Å². The van der Waals surface area contributed by atoms with Gasteiger partial charge in [0.1, 0.15) is 5.75 Å². The molecule has 150 valence electrons. The fourth-order valence-corrected chi connectivity index (χ4v) is 3.62. The van der Waals surface area contributed by atoms with Crippen LogP contribution in [-0.4, -0.2) is 32.8 Å². The number of cyclic esters (lactones) is 2. The first kappa shape index (κ1) is 21.4. The number of esters is 2. The summed E-state index contributed by atoms with van der Waals surface area (Å²) in [6, 6.07) is 7.24. The number of carbonyl (C=O) groups excluding carboxylic acids is 2. The van der Waals surface area contributed by atoms with E-state index >= 15 is 0 Å². The number of benzene rings is 1. The SMILES string of the molecule is CCC(C)c1ccc(CS(=O)(=O)OCC2(C)C(=O)OC(C)(C)OC2=O)cc1. The van der Waals surface area contributed by atoms with Crippen LogP contribution in [0, 0.1) is 5.41 Å². The molecule has 0 amide bonds. The molecule has 0 spiro atoms. The molecule has 8 heteroatoms. The average molecular weight is 398 g/mol. The highest BCUT2D eigenvalue weighted by Gasteiger charge is 2.54. The molecule has 0 radical (unpaired) electrons. The van der Waals surface area contributed by atoms with E-state index in [1.165, 1.54) is 20.8 Å². The van der Waals surface area contributed by atoms with Crippen LogP contribution in [0.4, 0.5) is 0 Å². The smallest absolute Gasteiger partial charge is 0.328 e. The normalized spacial score (nSPS) is 19.9. The summed E-state index contributed by atoms with van der Waals surface area (Å²) >= 11 is 0. The second-order valence-electron chi connectivity index (χ2n) is 7.53. The van der Waals surface area contributed by atoms with E-state index in [2.05, 4.69) is 13.8 Å². The first-order chi connectivity index (χ1) is 12.4. The van der Waals surface area contributed by atoms with Gasteiger partial charge in [-0.05, 0) is 30.4 Å². The Kier molecular flexibility index (Phi) is 6.01. The lowest BCUT2D eigenvalue weighted by Crippen LogP contribution is -2.54. The van der Waals surface area contributed by atoms with Gasteiger partial charge in [0.05, 0.1) is 6.61 Å². The lowest BCUT2D eigenvalue weighted by Gasteiger charge is -2.37. The third-order valence-corrected chi connectivity index (χ3v) is 5.77. The highest BCUT2D eigenvalue weighted by molar-refractivity contribution is 7.85. The van der Waals surface area contributed by atoms with E-state index < -0.39 is 39.9 Å². The number of rotatable bonds is 7. The minimum absolute atomic E-state index is 0.362. The van der Waals surface area contributed by atoms with Crippen molar-refractivity contribution in [2.75, 3.05) is 6.61 Å². The predicted octanol–water partition coefficient (Wildman–Crippen LogP) is 2.89. The van der Waals surface area contributed by atoms with Gasteiger partial charge in [0.15, 0.2) is 5.41 Å². The van der Waals surface area contributed by atoms with E-state index in [0.717, 1.165) is 12.0 Å². The summed E-state index contributed by atoms with van der Waals surface area (Å²) in [5.41, 5.74) is -0.146. The minimum Gasteiger partial charge on any atom is -0.422 e. The van der Waals surface area contributed by atoms with Gasteiger partial charge in [0.2, 0.25) is 0 Å². The summed E-state index contributed by atoms with van der Waals surface area (Å²) in [4.78, 5) is 24.3.